The van der Waals surface area contributed by atoms with Gasteiger partial charge in [-0.3, -0.25) is 9.00 Å². The van der Waals surface area contributed by atoms with E-state index in [1.807, 2.05) is 19.0 Å². The molecule has 1 fully saturated rings. The molecule has 1 aliphatic rings. The summed E-state index contributed by atoms with van der Waals surface area (Å²) in [6, 6.07) is 0. The summed E-state index contributed by atoms with van der Waals surface area (Å²) in [7, 11) is 3.03. The van der Waals surface area contributed by atoms with E-state index in [0.29, 0.717) is 13.0 Å². The van der Waals surface area contributed by atoms with E-state index >= 15 is 0 Å². The van der Waals surface area contributed by atoms with Crippen LogP contribution < -0.4 is 0 Å². The van der Waals surface area contributed by atoms with Crippen molar-refractivity contribution in [3.05, 3.63) is 0 Å². The Kier molecular flexibility index (Phi) is 8.38. The standard InChI is InChI=1S/C15H29NO3S/c1-4-5-12-20(18)14-9-7-6-8-13(14)19-15(17)10-11-16(2)3/h13-14H,4-12H2,1-3H3. The average Bonchev–Trinajstić information content (AvgIpc) is 2.43. The highest BCUT2D eigenvalue weighted by Gasteiger charge is 2.32. The van der Waals surface area contributed by atoms with Gasteiger partial charge < -0.3 is 9.64 Å². The monoisotopic (exact) mass is 303 g/mol. The number of unbranched alkanes of at least 4 members (excludes halogenated alkanes) is 1. The number of esters is 1. The van der Waals surface area contributed by atoms with Crippen molar-refractivity contribution < 1.29 is 13.7 Å². The number of nitrogens with zero attached hydrogens (tertiary/aromatic N) is 1. The summed E-state index contributed by atoms with van der Waals surface area (Å²) >= 11 is 0. The maximum Gasteiger partial charge on any atom is 0.307 e. The maximum atomic E-state index is 12.3. The lowest BCUT2D eigenvalue weighted by Gasteiger charge is -2.30. The molecule has 0 bridgehead atoms. The van der Waals surface area contributed by atoms with Crippen LogP contribution in [0.1, 0.15) is 51.9 Å². The molecule has 0 saturated heterocycles. The van der Waals surface area contributed by atoms with Crippen LogP contribution in [-0.2, 0) is 20.3 Å². The van der Waals surface area contributed by atoms with Crippen LogP contribution >= 0.6 is 0 Å². The molecule has 3 unspecified atom stereocenters. The third-order valence-electron chi connectivity index (χ3n) is 3.72. The van der Waals surface area contributed by atoms with Crippen molar-refractivity contribution in [1.29, 1.82) is 0 Å². The molecule has 4 nitrogen and oxygen atoms in total. The summed E-state index contributed by atoms with van der Waals surface area (Å²) in [5.41, 5.74) is 0. The highest BCUT2D eigenvalue weighted by Crippen LogP contribution is 2.26. The second-order valence-electron chi connectivity index (χ2n) is 5.84. The molecule has 0 radical (unpaired) electrons. The van der Waals surface area contributed by atoms with Crippen molar-refractivity contribution in [3.8, 4) is 0 Å². The predicted octanol–water partition coefficient (Wildman–Crippen LogP) is 2.34. The zero-order chi connectivity index (χ0) is 15.0. The Balaban J connectivity index is 2.47. The Hall–Kier alpha value is -0.420. The number of hydrogen-bond donors (Lipinski definition) is 0. The molecule has 0 N–H and O–H groups in total. The Morgan fingerprint density at radius 3 is 2.65 bits per heavy atom. The SMILES string of the molecule is CCCCS(=O)C1CCCCC1OC(=O)CCN(C)C. The first-order valence-corrected chi connectivity index (χ1v) is 9.14. The molecule has 118 valence electrons. The lowest BCUT2D eigenvalue weighted by atomic mass is 9.97. The highest BCUT2D eigenvalue weighted by molar-refractivity contribution is 7.85. The summed E-state index contributed by atoms with van der Waals surface area (Å²) < 4.78 is 17.9. The van der Waals surface area contributed by atoms with Gasteiger partial charge in [0.05, 0.1) is 11.7 Å². The molecule has 0 aromatic heterocycles. The van der Waals surface area contributed by atoms with E-state index in [1.54, 1.807) is 0 Å². The number of ether oxygens (including phenoxy) is 1. The Labute approximate surface area is 125 Å². The van der Waals surface area contributed by atoms with Gasteiger partial charge in [0.1, 0.15) is 6.10 Å². The maximum absolute atomic E-state index is 12.3. The quantitative estimate of drug-likeness (QED) is 0.646. The van der Waals surface area contributed by atoms with E-state index in [-0.39, 0.29) is 17.3 Å². The van der Waals surface area contributed by atoms with Crippen LogP contribution in [0.2, 0.25) is 0 Å². The molecule has 0 aromatic carbocycles. The van der Waals surface area contributed by atoms with Gasteiger partial charge in [-0.15, -0.1) is 0 Å². The number of hydrogen-bond acceptors (Lipinski definition) is 4. The number of rotatable bonds is 8. The molecule has 1 aliphatic carbocycles. The Morgan fingerprint density at radius 2 is 2.00 bits per heavy atom. The third kappa shape index (κ3) is 6.35. The summed E-state index contributed by atoms with van der Waals surface area (Å²) in [4.78, 5) is 13.8. The smallest absolute Gasteiger partial charge is 0.307 e. The molecular weight excluding hydrogens is 274 g/mol. The van der Waals surface area contributed by atoms with E-state index in [0.717, 1.165) is 44.3 Å². The van der Waals surface area contributed by atoms with Gasteiger partial charge in [0.25, 0.3) is 0 Å². The van der Waals surface area contributed by atoms with Crippen molar-refractivity contribution in [1.82, 2.24) is 4.90 Å². The fourth-order valence-electron chi connectivity index (χ4n) is 2.48. The van der Waals surface area contributed by atoms with Crippen LogP contribution in [0.25, 0.3) is 0 Å². The topological polar surface area (TPSA) is 46.6 Å². The Bertz CT molecular complexity index is 320. The first-order valence-electron chi connectivity index (χ1n) is 7.76. The number of carbonyl (C=O) groups is 1. The molecule has 0 aromatic rings. The zero-order valence-corrected chi connectivity index (χ0v) is 13.9. The van der Waals surface area contributed by atoms with Crippen molar-refractivity contribution in [2.24, 2.45) is 0 Å². The first kappa shape index (κ1) is 17.6. The van der Waals surface area contributed by atoms with Gasteiger partial charge in [-0.2, -0.15) is 0 Å². The lowest BCUT2D eigenvalue weighted by Crippen LogP contribution is -2.38. The molecule has 0 heterocycles. The number of carbonyl (C=O) groups excluding carboxylic acids is 1. The van der Waals surface area contributed by atoms with Gasteiger partial charge in [0.15, 0.2) is 0 Å². The van der Waals surface area contributed by atoms with Gasteiger partial charge in [-0.05, 0) is 39.8 Å². The molecule has 0 spiro atoms. The van der Waals surface area contributed by atoms with E-state index < -0.39 is 10.8 Å². The van der Waals surface area contributed by atoms with Crippen molar-refractivity contribution in [2.75, 3.05) is 26.4 Å². The van der Waals surface area contributed by atoms with Crippen LogP contribution in [0.4, 0.5) is 0 Å². The van der Waals surface area contributed by atoms with E-state index in [1.165, 1.54) is 0 Å². The molecule has 5 heteroatoms. The van der Waals surface area contributed by atoms with Crippen LogP contribution in [0.3, 0.4) is 0 Å². The van der Waals surface area contributed by atoms with Crippen LogP contribution in [0.15, 0.2) is 0 Å². The van der Waals surface area contributed by atoms with E-state index in [2.05, 4.69) is 6.92 Å². The fourth-order valence-corrected chi connectivity index (χ4v) is 4.31. The van der Waals surface area contributed by atoms with Gasteiger partial charge in [-0.25, -0.2) is 0 Å². The minimum absolute atomic E-state index is 0.0543. The average molecular weight is 303 g/mol. The molecule has 1 rings (SSSR count). The zero-order valence-electron chi connectivity index (χ0n) is 13.1. The predicted molar refractivity (Wildman–Crippen MR) is 83.2 cm³/mol. The fraction of sp³-hybridized carbons (Fsp3) is 0.933. The molecular formula is C15H29NO3S. The van der Waals surface area contributed by atoms with Crippen LogP contribution in [-0.4, -0.2) is 52.8 Å². The molecule has 3 atom stereocenters. The van der Waals surface area contributed by atoms with E-state index in [4.69, 9.17) is 4.74 Å². The molecule has 20 heavy (non-hydrogen) atoms. The molecule has 0 amide bonds. The summed E-state index contributed by atoms with van der Waals surface area (Å²) in [6.45, 7) is 2.81. The van der Waals surface area contributed by atoms with Gasteiger partial charge in [-0.1, -0.05) is 19.8 Å². The summed E-state index contributed by atoms with van der Waals surface area (Å²) in [5.74, 6) is 0.593. The van der Waals surface area contributed by atoms with E-state index in [9.17, 15) is 9.00 Å². The second-order valence-corrected chi connectivity index (χ2v) is 7.62. The minimum atomic E-state index is -0.853. The van der Waals surface area contributed by atoms with Gasteiger partial charge in [0, 0.05) is 23.1 Å². The summed E-state index contributed by atoms with van der Waals surface area (Å²) in [5, 5.41) is 0.0543. The van der Waals surface area contributed by atoms with Crippen LogP contribution in [0, 0.1) is 0 Å². The lowest BCUT2D eigenvalue weighted by molar-refractivity contribution is -0.150. The molecule has 0 aliphatic heterocycles. The van der Waals surface area contributed by atoms with Gasteiger partial charge in [0.2, 0.25) is 0 Å². The van der Waals surface area contributed by atoms with Gasteiger partial charge >= 0.3 is 5.97 Å². The van der Waals surface area contributed by atoms with Crippen molar-refractivity contribution in [3.63, 3.8) is 0 Å². The van der Waals surface area contributed by atoms with Crippen molar-refractivity contribution in [2.45, 2.75) is 63.2 Å². The molecule has 1 saturated carbocycles. The Morgan fingerprint density at radius 1 is 1.30 bits per heavy atom. The summed E-state index contributed by atoms with van der Waals surface area (Å²) in [6.07, 6.45) is 6.32. The first-order chi connectivity index (χ1) is 9.54. The normalized spacial score (nSPS) is 24.6. The highest BCUT2D eigenvalue weighted by atomic mass is 32.2. The largest absolute Gasteiger partial charge is 0.461 e. The van der Waals surface area contributed by atoms with Crippen LogP contribution in [0.5, 0.6) is 0 Å². The minimum Gasteiger partial charge on any atom is -0.461 e. The second kappa shape index (κ2) is 9.50. The van der Waals surface area contributed by atoms with Crippen molar-refractivity contribution >= 4 is 16.8 Å². The third-order valence-corrected chi connectivity index (χ3v) is 5.63.